The summed E-state index contributed by atoms with van der Waals surface area (Å²) < 4.78 is 5.41. The third-order valence-corrected chi connectivity index (χ3v) is 4.52. The second kappa shape index (κ2) is 6.31. The average molecular weight is 251 g/mol. The largest absolute Gasteiger partial charge is 0.496 e. The van der Waals surface area contributed by atoms with Crippen molar-refractivity contribution in [3.05, 3.63) is 23.8 Å². The van der Waals surface area contributed by atoms with Crippen molar-refractivity contribution in [2.24, 2.45) is 5.92 Å². The number of methoxy groups -OCH3 is 1. The first kappa shape index (κ1) is 12.8. The smallest absolute Gasteiger partial charge is 0.132 e. The minimum atomic E-state index is 0.853. The molecule has 0 bridgehead atoms. The van der Waals surface area contributed by atoms with Crippen LogP contribution in [0, 0.1) is 12.8 Å². The van der Waals surface area contributed by atoms with Gasteiger partial charge in [-0.15, -0.1) is 11.8 Å². The molecule has 0 saturated carbocycles. The monoisotopic (exact) mass is 251 g/mol. The van der Waals surface area contributed by atoms with Crippen LogP contribution in [-0.2, 0) is 0 Å². The molecule has 1 aliphatic heterocycles. The number of thioether (sulfide) groups is 1. The Kier molecular flexibility index (Phi) is 4.75. The first-order chi connectivity index (χ1) is 8.29. The Labute approximate surface area is 108 Å². The van der Waals surface area contributed by atoms with E-state index in [0.717, 1.165) is 11.7 Å². The first-order valence-electron chi connectivity index (χ1n) is 6.28. The van der Waals surface area contributed by atoms with Gasteiger partial charge in [-0.3, -0.25) is 0 Å². The van der Waals surface area contributed by atoms with E-state index in [2.05, 4.69) is 30.4 Å². The zero-order valence-electron chi connectivity index (χ0n) is 10.7. The number of hydrogen-bond acceptors (Lipinski definition) is 3. The van der Waals surface area contributed by atoms with Crippen LogP contribution in [0.4, 0.5) is 0 Å². The first-order valence-corrected chi connectivity index (χ1v) is 7.26. The molecule has 0 unspecified atom stereocenters. The Hall–Kier alpha value is -0.670. The fourth-order valence-electron chi connectivity index (χ4n) is 2.15. The summed E-state index contributed by atoms with van der Waals surface area (Å²) in [5.74, 6) is 3.07. The highest BCUT2D eigenvalue weighted by Gasteiger charge is 2.14. The lowest BCUT2D eigenvalue weighted by molar-refractivity contribution is 0.402. The zero-order chi connectivity index (χ0) is 12.1. The summed E-state index contributed by atoms with van der Waals surface area (Å²) in [6, 6.07) is 6.40. The van der Waals surface area contributed by atoms with Gasteiger partial charge < -0.3 is 10.1 Å². The van der Waals surface area contributed by atoms with Gasteiger partial charge in [0, 0.05) is 10.6 Å². The summed E-state index contributed by atoms with van der Waals surface area (Å²) in [5, 5.41) is 3.41. The van der Waals surface area contributed by atoms with E-state index in [1.807, 2.05) is 11.8 Å². The van der Waals surface area contributed by atoms with E-state index < -0.39 is 0 Å². The van der Waals surface area contributed by atoms with Gasteiger partial charge in [-0.05, 0) is 56.5 Å². The Morgan fingerprint density at radius 1 is 1.35 bits per heavy atom. The summed E-state index contributed by atoms with van der Waals surface area (Å²) in [7, 11) is 1.75. The molecule has 0 radical (unpaired) electrons. The number of ether oxygens (including phenoxy) is 1. The van der Waals surface area contributed by atoms with Crippen LogP contribution in [0.5, 0.6) is 5.75 Å². The molecule has 2 nitrogen and oxygen atoms in total. The molecule has 1 N–H and O–H groups in total. The third kappa shape index (κ3) is 3.65. The molecule has 0 atom stereocenters. The molecule has 1 aromatic carbocycles. The minimum absolute atomic E-state index is 0.853. The van der Waals surface area contributed by atoms with E-state index in [9.17, 15) is 0 Å². The molecule has 1 fully saturated rings. The molecule has 3 heteroatoms. The second-order valence-electron chi connectivity index (χ2n) is 4.66. The second-order valence-corrected chi connectivity index (χ2v) is 5.72. The Balaban J connectivity index is 1.95. The molecule has 1 aromatic rings. The molecule has 0 aliphatic carbocycles. The number of nitrogens with one attached hydrogen (secondary N) is 1. The van der Waals surface area contributed by atoms with Gasteiger partial charge >= 0.3 is 0 Å². The van der Waals surface area contributed by atoms with Crippen LogP contribution < -0.4 is 10.1 Å². The standard InChI is InChI=1S/C14H21NOS/c1-11-3-4-13(16-2)14(9-11)17-10-12-5-7-15-8-6-12/h3-4,9,12,15H,5-8,10H2,1-2H3. The summed E-state index contributed by atoms with van der Waals surface area (Å²) in [5.41, 5.74) is 1.30. The summed E-state index contributed by atoms with van der Waals surface area (Å²) in [4.78, 5) is 1.28. The molecule has 17 heavy (non-hydrogen) atoms. The van der Waals surface area contributed by atoms with Crippen molar-refractivity contribution < 1.29 is 4.74 Å². The highest BCUT2D eigenvalue weighted by atomic mass is 32.2. The third-order valence-electron chi connectivity index (χ3n) is 3.25. The lowest BCUT2D eigenvalue weighted by Crippen LogP contribution is -2.28. The van der Waals surface area contributed by atoms with Crippen molar-refractivity contribution >= 4 is 11.8 Å². The van der Waals surface area contributed by atoms with Crippen molar-refractivity contribution in [1.82, 2.24) is 5.32 Å². The normalized spacial score (nSPS) is 17.1. The van der Waals surface area contributed by atoms with Crippen LogP contribution in [0.1, 0.15) is 18.4 Å². The van der Waals surface area contributed by atoms with Gasteiger partial charge in [-0.1, -0.05) is 6.07 Å². The Morgan fingerprint density at radius 3 is 2.82 bits per heavy atom. The van der Waals surface area contributed by atoms with Crippen molar-refractivity contribution in [3.8, 4) is 5.75 Å². The highest BCUT2D eigenvalue weighted by Crippen LogP contribution is 2.32. The van der Waals surface area contributed by atoms with Gasteiger partial charge in [0.05, 0.1) is 7.11 Å². The fraction of sp³-hybridized carbons (Fsp3) is 0.571. The number of aryl methyl sites for hydroxylation is 1. The molecule has 1 saturated heterocycles. The maximum Gasteiger partial charge on any atom is 0.132 e. The SMILES string of the molecule is COc1ccc(C)cc1SCC1CCNCC1. The van der Waals surface area contributed by atoms with Gasteiger partial charge in [0.25, 0.3) is 0 Å². The van der Waals surface area contributed by atoms with Crippen molar-refractivity contribution in [1.29, 1.82) is 0 Å². The predicted octanol–water partition coefficient (Wildman–Crippen LogP) is 3.10. The fourth-order valence-corrected chi connectivity index (χ4v) is 3.46. The van der Waals surface area contributed by atoms with E-state index in [-0.39, 0.29) is 0 Å². The molecule has 94 valence electrons. The summed E-state index contributed by atoms with van der Waals surface area (Å²) in [6.07, 6.45) is 2.61. The van der Waals surface area contributed by atoms with Gasteiger partial charge in [-0.2, -0.15) is 0 Å². The molecule has 0 amide bonds. The van der Waals surface area contributed by atoms with Crippen LogP contribution in [0.25, 0.3) is 0 Å². The molecular formula is C14H21NOS. The summed E-state index contributed by atoms with van der Waals surface area (Å²) in [6.45, 7) is 4.49. The van der Waals surface area contributed by atoms with Gasteiger partial charge in [0.1, 0.15) is 5.75 Å². The molecule has 0 spiro atoms. The van der Waals surface area contributed by atoms with E-state index in [4.69, 9.17) is 4.74 Å². The number of piperidine rings is 1. The van der Waals surface area contributed by atoms with Crippen LogP contribution >= 0.6 is 11.8 Å². The molecule has 1 heterocycles. The van der Waals surface area contributed by atoms with Crippen molar-refractivity contribution in [2.45, 2.75) is 24.7 Å². The van der Waals surface area contributed by atoms with E-state index in [1.54, 1.807) is 7.11 Å². The Bertz CT molecular complexity index is 361. The molecule has 1 aliphatic rings. The van der Waals surface area contributed by atoms with Crippen LogP contribution in [0.3, 0.4) is 0 Å². The molecule has 0 aromatic heterocycles. The zero-order valence-corrected chi connectivity index (χ0v) is 11.5. The van der Waals surface area contributed by atoms with E-state index in [0.29, 0.717) is 0 Å². The lowest BCUT2D eigenvalue weighted by atomic mass is 10.0. The van der Waals surface area contributed by atoms with Crippen molar-refractivity contribution in [3.63, 3.8) is 0 Å². The average Bonchev–Trinajstić information content (AvgIpc) is 2.38. The molecular weight excluding hydrogens is 230 g/mol. The van der Waals surface area contributed by atoms with E-state index in [1.165, 1.54) is 42.1 Å². The molecule has 2 rings (SSSR count). The van der Waals surface area contributed by atoms with Crippen LogP contribution in [0.2, 0.25) is 0 Å². The number of hydrogen-bond donors (Lipinski definition) is 1. The van der Waals surface area contributed by atoms with Crippen molar-refractivity contribution in [2.75, 3.05) is 26.0 Å². The quantitative estimate of drug-likeness (QED) is 0.831. The lowest BCUT2D eigenvalue weighted by Gasteiger charge is -2.22. The van der Waals surface area contributed by atoms with Gasteiger partial charge in [0.15, 0.2) is 0 Å². The highest BCUT2D eigenvalue weighted by molar-refractivity contribution is 7.99. The van der Waals surface area contributed by atoms with E-state index >= 15 is 0 Å². The predicted molar refractivity (Wildman–Crippen MR) is 74.0 cm³/mol. The maximum atomic E-state index is 5.41. The van der Waals surface area contributed by atoms with Gasteiger partial charge in [0.2, 0.25) is 0 Å². The minimum Gasteiger partial charge on any atom is -0.496 e. The number of rotatable bonds is 4. The van der Waals surface area contributed by atoms with Crippen LogP contribution in [-0.4, -0.2) is 26.0 Å². The van der Waals surface area contributed by atoms with Gasteiger partial charge in [-0.25, -0.2) is 0 Å². The van der Waals surface area contributed by atoms with Crippen LogP contribution in [0.15, 0.2) is 23.1 Å². The Morgan fingerprint density at radius 2 is 2.12 bits per heavy atom. The number of benzene rings is 1. The topological polar surface area (TPSA) is 21.3 Å². The maximum absolute atomic E-state index is 5.41. The summed E-state index contributed by atoms with van der Waals surface area (Å²) >= 11 is 1.94.